The number of unbranched alkanes of at least 4 members (excludes halogenated alkanes) is 1. The highest BCUT2D eigenvalue weighted by molar-refractivity contribution is 5.98. The molecule has 1 aromatic rings. The molecular weight excluding hydrogens is 347 g/mol. The molecule has 0 aliphatic heterocycles. The quantitative estimate of drug-likeness (QED) is 0.536. The maximum Gasteiger partial charge on any atom is 0.416 e. The van der Waals surface area contributed by atoms with Gasteiger partial charge in [-0.3, -0.25) is 25.0 Å². The normalized spacial score (nSPS) is 11.2. The number of nitro benzene ring substituents is 2. The minimum absolute atomic E-state index is 0.0732. The number of halogens is 3. The Morgan fingerprint density at radius 1 is 1.12 bits per heavy atom. The van der Waals surface area contributed by atoms with Crippen molar-refractivity contribution in [1.82, 2.24) is 0 Å². The Kier molecular flexibility index (Phi) is 6.42. The lowest BCUT2D eigenvalue weighted by Gasteiger charge is -2.22. The molecule has 0 saturated carbocycles. The lowest BCUT2D eigenvalue weighted by Crippen LogP contribution is -2.32. The van der Waals surface area contributed by atoms with Gasteiger partial charge in [0.05, 0.1) is 15.4 Å². The van der Waals surface area contributed by atoms with Crippen LogP contribution < -0.4 is 4.90 Å². The Hall–Kier alpha value is -2.72. The second-order valence-electron chi connectivity index (χ2n) is 5.13. The van der Waals surface area contributed by atoms with Gasteiger partial charge in [-0.25, -0.2) is 0 Å². The van der Waals surface area contributed by atoms with E-state index < -0.39 is 44.6 Å². The van der Waals surface area contributed by atoms with Crippen LogP contribution in [0.25, 0.3) is 0 Å². The van der Waals surface area contributed by atoms with Crippen LogP contribution in [0.5, 0.6) is 0 Å². The van der Waals surface area contributed by atoms with Crippen LogP contribution in [0, 0.1) is 20.2 Å². The van der Waals surface area contributed by atoms with E-state index >= 15 is 0 Å². The van der Waals surface area contributed by atoms with Crippen LogP contribution in [-0.2, 0) is 11.0 Å². The fraction of sp³-hybridized carbons (Fsp3) is 0.500. The summed E-state index contributed by atoms with van der Waals surface area (Å²) in [5.41, 5.74) is -4.49. The molecule has 0 aliphatic carbocycles. The summed E-state index contributed by atoms with van der Waals surface area (Å²) >= 11 is 0. The molecule has 0 N–H and O–H groups in total. The number of hydrogen-bond donors (Lipinski definition) is 0. The summed E-state index contributed by atoms with van der Waals surface area (Å²) in [6, 6.07) is 0.425. The highest BCUT2D eigenvalue weighted by atomic mass is 19.4. The Bertz CT molecular complexity index is 656. The van der Waals surface area contributed by atoms with Crippen LogP contribution >= 0.6 is 0 Å². The van der Waals surface area contributed by atoms with Crippen molar-refractivity contribution < 1.29 is 27.8 Å². The standard InChI is InChI=1S/C14H16F3N3O5/c1-3-5-6-18(12(21)4-2)13-10(19(22)23)7-9(14(15,16)17)8-11(13)20(24)25/h7-8H,3-6H2,1-2H3. The fourth-order valence-corrected chi connectivity index (χ4v) is 2.19. The Balaban J connectivity index is 3.77. The largest absolute Gasteiger partial charge is 0.416 e. The van der Waals surface area contributed by atoms with E-state index in [1.807, 2.05) is 0 Å². The molecule has 1 amide bonds. The van der Waals surface area contributed by atoms with Gasteiger partial charge < -0.3 is 4.90 Å². The van der Waals surface area contributed by atoms with Crippen LogP contribution in [0.15, 0.2) is 12.1 Å². The highest BCUT2D eigenvalue weighted by Crippen LogP contribution is 2.43. The first kappa shape index (κ1) is 20.3. The number of amides is 1. The summed E-state index contributed by atoms with van der Waals surface area (Å²) in [5.74, 6) is -0.653. The average Bonchev–Trinajstić information content (AvgIpc) is 2.53. The van der Waals surface area contributed by atoms with Crippen molar-refractivity contribution in [3.05, 3.63) is 37.9 Å². The first-order valence-corrected chi connectivity index (χ1v) is 7.38. The van der Waals surface area contributed by atoms with Crippen LogP contribution in [-0.4, -0.2) is 22.3 Å². The number of carbonyl (C=O) groups excluding carboxylic acids is 1. The Labute approximate surface area is 140 Å². The van der Waals surface area contributed by atoms with Gasteiger partial charge in [0.15, 0.2) is 0 Å². The number of anilines is 1. The van der Waals surface area contributed by atoms with Crippen molar-refractivity contribution in [2.75, 3.05) is 11.4 Å². The number of alkyl halides is 3. The highest BCUT2D eigenvalue weighted by Gasteiger charge is 2.40. The first-order valence-electron chi connectivity index (χ1n) is 7.38. The van der Waals surface area contributed by atoms with Crippen LogP contribution in [0.1, 0.15) is 38.7 Å². The molecule has 138 valence electrons. The molecule has 0 spiro atoms. The van der Waals surface area contributed by atoms with Gasteiger partial charge in [0.1, 0.15) is 0 Å². The van der Waals surface area contributed by atoms with E-state index in [0.717, 1.165) is 4.90 Å². The van der Waals surface area contributed by atoms with Gasteiger partial charge in [-0.15, -0.1) is 0 Å². The monoisotopic (exact) mass is 363 g/mol. The zero-order valence-corrected chi connectivity index (χ0v) is 13.5. The first-order chi connectivity index (χ1) is 11.5. The summed E-state index contributed by atoms with van der Waals surface area (Å²) in [6.45, 7) is 3.14. The van der Waals surface area contributed by atoms with E-state index in [1.165, 1.54) is 6.92 Å². The molecule has 0 atom stereocenters. The van der Waals surface area contributed by atoms with Crippen LogP contribution in [0.3, 0.4) is 0 Å². The lowest BCUT2D eigenvalue weighted by molar-refractivity contribution is -0.393. The molecule has 0 aliphatic rings. The van der Waals surface area contributed by atoms with E-state index in [2.05, 4.69) is 0 Å². The third-order valence-corrected chi connectivity index (χ3v) is 3.40. The van der Waals surface area contributed by atoms with Gasteiger partial charge in [-0.05, 0) is 6.42 Å². The van der Waals surface area contributed by atoms with Gasteiger partial charge in [0.2, 0.25) is 11.6 Å². The third-order valence-electron chi connectivity index (χ3n) is 3.40. The van der Waals surface area contributed by atoms with Gasteiger partial charge in [0, 0.05) is 25.1 Å². The summed E-state index contributed by atoms with van der Waals surface area (Å²) in [6.07, 6.45) is -4.16. The topological polar surface area (TPSA) is 107 Å². The summed E-state index contributed by atoms with van der Waals surface area (Å²) < 4.78 is 38.7. The zero-order valence-electron chi connectivity index (χ0n) is 13.5. The molecule has 0 heterocycles. The molecule has 1 rings (SSSR count). The minimum Gasteiger partial charge on any atom is -0.301 e. The minimum atomic E-state index is -5.00. The number of nitro groups is 2. The third kappa shape index (κ3) is 4.64. The summed E-state index contributed by atoms with van der Waals surface area (Å²) in [4.78, 5) is 33.1. The van der Waals surface area contributed by atoms with E-state index in [1.54, 1.807) is 6.92 Å². The molecule has 0 fully saturated rings. The smallest absolute Gasteiger partial charge is 0.301 e. The number of nitrogens with zero attached hydrogens (tertiary/aromatic N) is 3. The van der Waals surface area contributed by atoms with Crippen molar-refractivity contribution in [3.8, 4) is 0 Å². The predicted molar refractivity (Wildman–Crippen MR) is 82.3 cm³/mol. The molecule has 25 heavy (non-hydrogen) atoms. The van der Waals surface area contributed by atoms with E-state index in [4.69, 9.17) is 0 Å². The van der Waals surface area contributed by atoms with E-state index in [9.17, 15) is 38.2 Å². The number of benzene rings is 1. The average molecular weight is 363 g/mol. The van der Waals surface area contributed by atoms with Crippen molar-refractivity contribution in [3.63, 3.8) is 0 Å². The maximum atomic E-state index is 12.9. The molecule has 0 unspecified atom stereocenters. The van der Waals surface area contributed by atoms with Crippen LogP contribution in [0.4, 0.5) is 30.2 Å². The molecule has 8 nitrogen and oxygen atoms in total. The van der Waals surface area contributed by atoms with Gasteiger partial charge >= 0.3 is 17.6 Å². The molecule has 0 bridgehead atoms. The van der Waals surface area contributed by atoms with Gasteiger partial charge in [-0.1, -0.05) is 20.3 Å². The fourth-order valence-electron chi connectivity index (χ4n) is 2.19. The maximum absolute atomic E-state index is 12.9. The van der Waals surface area contributed by atoms with E-state index in [0.29, 0.717) is 12.8 Å². The van der Waals surface area contributed by atoms with Crippen LogP contribution in [0.2, 0.25) is 0 Å². The molecule has 1 aromatic carbocycles. The summed E-state index contributed by atoms with van der Waals surface area (Å²) in [7, 11) is 0. The van der Waals surface area contributed by atoms with Crippen molar-refractivity contribution in [2.45, 2.75) is 39.3 Å². The second-order valence-corrected chi connectivity index (χ2v) is 5.13. The van der Waals surface area contributed by atoms with Crippen molar-refractivity contribution >= 4 is 23.0 Å². The van der Waals surface area contributed by atoms with Gasteiger partial charge in [-0.2, -0.15) is 13.2 Å². The SMILES string of the molecule is CCCCN(C(=O)CC)c1c([N+](=O)[O-])cc(C(F)(F)F)cc1[N+](=O)[O-]. The molecule has 0 saturated heterocycles. The number of carbonyl (C=O) groups is 1. The zero-order chi connectivity index (χ0) is 19.4. The molecule has 0 radical (unpaired) electrons. The van der Waals surface area contributed by atoms with E-state index in [-0.39, 0.29) is 25.1 Å². The van der Waals surface area contributed by atoms with Crippen molar-refractivity contribution in [1.29, 1.82) is 0 Å². The number of hydrogen-bond acceptors (Lipinski definition) is 5. The molecule has 0 aromatic heterocycles. The van der Waals surface area contributed by atoms with Gasteiger partial charge in [0.25, 0.3) is 0 Å². The molecule has 11 heteroatoms. The molecular formula is C14H16F3N3O5. The van der Waals surface area contributed by atoms with Crippen molar-refractivity contribution in [2.24, 2.45) is 0 Å². The Morgan fingerprint density at radius 2 is 1.60 bits per heavy atom. The Morgan fingerprint density at radius 3 is 1.92 bits per heavy atom. The summed E-state index contributed by atoms with van der Waals surface area (Å²) in [5, 5.41) is 22.5. The second kappa shape index (κ2) is 7.90. The lowest BCUT2D eigenvalue weighted by atomic mass is 10.1. The number of rotatable bonds is 7. The predicted octanol–water partition coefficient (Wildman–Crippen LogP) is 4.06.